The highest BCUT2D eigenvalue weighted by molar-refractivity contribution is 8.01. The lowest BCUT2D eigenvalue weighted by Gasteiger charge is -2.28. The number of thiophene rings is 1. The number of hydrogen-bond acceptors (Lipinski definition) is 7. The van der Waals surface area contributed by atoms with Gasteiger partial charge < -0.3 is 15.4 Å². The number of nitrogens with zero attached hydrogens (tertiary/aromatic N) is 1. The number of benzene rings is 1. The van der Waals surface area contributed by atoms with E-state index >= 15 is 0 Å². The zero-order valence-electron chi connectivity index (χ0n) is 16.4. The standard InChI is InChI=1S/C21H18FN3O3S3/c1-2-28-19(26)17-15(23-20(27)25-18(17)16-4-3-9-29-16)11-31-21-24-14(10-30-21)12-5-7-13(22)8-6-12/h3-10,18H,2,11H2,1H3,(H2,23,25,27). The van der Waals surface area contributed by atoms with Gasteiger partial charge in [-0.3, -0.25) is 0 Å². The third-order valence-corrected chi connectivity index (χ3v) is 7.42. The Kier molecular flexibility index (Phi) is 6.69. The molecule has 1 aromatic carbocycles. The van der Waals surface area contributed by atoms with Crippen LogP contribution in [0.4, 0.5) is 9.18 Å². The molecule has 3 aromatic rings. The summed E-state index contributed by atoms with van der Waals surface area (Å²) in [5, 5.41) is 9.37. The van der Waals surface area contributed by atoms with Crippen molar-refractivity contribution in [1.29, 1.82) is 0 Å². The summed E-state index contributed by atoms with van der Waals surface area (Å²) in [6, 6.07) is 8.97. The Bertz CT molecular complexity index is 1110. The van der Waals surface area contributed by atoms with Crippen molar-refractivity contribution in [2.24, 2.45) is 0 Å². The molecule has 0 saturated carbocycles. The number of carbonyl (C=O) groups is 2. The maximum absolute atomic E-state index is 13.2. The Morgan fingerprint density at radius 3 is 2.77 bits per heavy atom. The van der Waals surface area contributed by atoms with Gasteiger partial charge >= 0.3 is 12.0 Å². The van der Waals surface area contributed by atoms with E-state index in [9.17, 15) is 14.0 Å². The molecule has 3 heterocycles. The number of rotatable bonds is 7. The van der Waals surface area contributed by atoms with Crippen molar-refractivity contribution >= 4 is 46.4 Å². The lowest BCUT2D eigenvalue weighted by atomic mass is 10.0. The summed E-state index contributed by atoms with van der Waals surface area (Å²) >= 11 is 4.33. The second-order valence-corrected chi connectivity index (χ2v) is 9.51. The molecule has 31 heavy (non-hydrogen) atoms. The summed E-state index contributed by atoms with van der Waals surface area (Å²) in [6.07, 6.45) is 0. The second-order valence-electron chi connectivity index (χ2n) is 6.45. The zero-order chi connectivity index (χ0) is 21.8. The lowest BCUT2D eigenvalue weighted by molar-refractivity contribution is -0.139. The van der Waals surface area contributed by atoms with Crippen LogP contribution >= 0.6 is 34.4 Å². The first-order valence-electron chi connectivity index (χ1n) is 9.40. The van der Waals surface area contributed by atoms with Gasteiger partial charge in [-0.25, -0.2) is 19.0 Å². The highest BCUT2D eigenvalue weighted by Crippen LogP contribution is 2.34. The maximum atomic E-state index is 13.2. The molecule has 4 rings (SSSR count). The van der Waals surface area contributed by atoms with E-state index in [-0.39, 0.29) is 18.5 Å². The van der Waals surface area contributed by atoms with Crippen LogP contribution in [-0.2, 0) is 9.53 Å². The van der Waals surface area contributed by atoms with E-state index in [0.29, 0.717) is 17.0 Å². The summed E-state index contributed by atoms with van der Waals surface area (Å²) in [5.74, 6) is -0.413. The quantitative estimate of drug-likeness (QED) is 0.372. The molecule has 1 atom stereocenters. The molecule has 1 aliphatic heterocycles. The Morgan fingerprint density at radius 1 is 1.26 bits per heavy atom. The molecule has 0 bridgehead atoms. The monoisotopic (exact) mass is 475 g/mol. The van der Waals surface area contributed by atoms with Gasteiger partial charge in [-0.15, -0.1) is 22.7 Å². The van der Waals surface area contributed by atoms with Gasteiger partial charge in [0.05, 0.1) is 23.9 Å². The van der Waals surface area contributed by atoms with Gasteiger partial charge in [0.15, 0.2) is 4.34 Å². The van der Waals surface area contributed by atoms with Crippen LogP contribution in [0.3, 0.4) is 0 Å². The Morgan fingerprint density at radius 2 is 2.06 bits per heavy atom. The summed E-state index contributed by atoms with van der Waals surface area (Å²) in [5.41, 5.74) is 2.47. The molecule has 10 heteroatoms. The van der Waals surface area contributed by atoms with Crippen molar-refractivity contribution in [3.63, 3.8) is 0 Å². The van der Waals surface area contributed by atoms with Crippen molar-refractivity contribution < 1.29 is 18.7 Å². The molecule has 2 aromatic heterocycles. The SMILES string of the molecule is CCOC(=O)C1=C(CSc2nc(-c3ccc(F)cc3)cs2)NC(=O)NC1c1cccs1. The minimum atomic E-state index is -0.561. The molecule has 0 spiro atoms. The van der Waals surface area contributed by atoms with Crippen LogP contribution in [0.25, 0.3) is 11.3 Å². The second kappa shape index (κ2) is 9.63. The van der Waals surface area contributed by atoms with Crippen molar-refractivity contribution in [1.82, 2.24) is 15.6 Å². The van der Waals surface area contributed by atoms with Crippen molar-refractivity contribution in [3.8, 4) is 11.3 Å². The van der Waals surface area contributed by atoms with Gasteiger partial charge in [0, 0.05) is 27.3 Å². The number of aromatic nitrogens is 1. The molecule has 2 amide bonds. The highest BCUT2D eigenvalue weighted by atomic mass is 32.2. The first-order valence-corrected chi connectivity index (χ1v) is 12.1. The number of carbonyl (C=O) groups excluding carboxylic acids is 2. The Balaban J connectivity index is 1.58. The highest BCUT2D eigenvalue weighted by Gasteiger charge is 2.34. The molecule has 0 aliphatic carbocycles. The predicted molar refractivity (Wildman–Crippen MR) is 121 cm³/mol. The van der Waals surface area contributed by atoms with Crippen LogP contribution in [0.1, 0.15) is 17.8 Å². The van der Waals surface area contributed by atoms with Gasteiger partial charge in [-0.2, -0.15) is 0 Å². The first-order chi connectivity index (χ1) is 15.0. The minimum Gasteiger partial charge on any atom is -0.463 e. The molecule has 6 nitrogen and oxygen atoms in total. The topological polar surface area (TPSA) is 80.3 Å². The molecule has 0 saturated heterocycles. The number of ether oxygens (including phenoxy) is 1. The third-order valence-electron chi connectivity index (χ3n) is 4.44. The summed E-state index contributed by atoms with van der Waals surface area (Å²) in [7, 11) is 0. The number of esters is 1. The molecular weight excluding hydrogens is 457 g/mol. The molecule has 2 N–H and O–H groups in total. The molecule has 160 valence electrons. The first kappa shape index (κ1) is 21.5. The fourth-order valence-electron chi connectivity index (χ4n) is 3.06. The average Bonchev–Trinajstić information content (AvgIpc) is 3.45. The number of halogens is 1. The number of urea groups is 1. The van der Waals surface area contributed by atoms with Crippen molar-refractivity contribution in [3.05, 3.63) is 69.1 Å². The number of nitrogens with one attached hydrogen (secondary N) is 2. The van der Waals surface area contributed by atoms with E-state index in [1.54, 1.807) is 19.1 Å². The fourth-order valence-corrected chi connectivity index (χ4v) is 5.65. The van der Waals surface area contributed by atoms with E-state index in [1.807, 2.05) is 22.9 Å². The van der Waals surface area contributed by atoms with E-state index in [4.69, 9.17) is 4.74 Å². The van der Waals surface area contributed by atoms with Crippen LogP contribution in [0.2, 0.25) is 0 Å². The molecular formula is C21H18FN3O3S3. The van der Waals surface area contributed by atoms with Crippen LogP contribution in [0, 0.1) is 5.82 Å². The van der Waals surface area contributed by atoms with Gasteiger partial charge in [0.2, 0.25) is 0 Å². The van der Waals surface area contributed by atoms with Crippen molar-refractivity contribution in [2.75, 3.05) is 12.4 Å². The Labute approximate surface area is 190 Å². The number of hydrogen-bond donors (Lipinski definition) is 2. The molecule has 0 radical (unpaired) electrons. The van der Waals surface area contributed by atoms with E-state index in [2.05, 4.69) is 15.6 Å². The number of thioether (sulfide) groups is 1. The van der Waals surface area contributed by atoms with Gasteiger partial charge in [-0.05, 0) is 42.6 Å². The van der Waals surface area contributed by atoms with E-state index < -0.39 is 12.0 Å². The lowest BCUT2D eigenvalue weighted by Crippen LogP contribution is -2.46. The Hall–Kier alpha value is -2.69. The van der Waals surface area contributed by atoms with Gasteiger partial charge in [0.1, 0.15) is 5.82 Å². The molecule has 1 aliphatic rings. The van der Waals surface area contributed by atoms with Crippen LogP contribution in [-0.4, -0.2) is 29.3 Å². The summed E-state index contributed by atoms with van der Waals surface area (Å²) < 4.78 is 19.2. The third kappa shape index (κ3) is 4.97. The smallest absolute Gasteiger partial charge is 0.338 e. The van der Waals surface area contributed by atoms with E-state index in [0.717, 1.165) is 20.5 Å². The molecule has 0 fully saturated rings. The van der Waals surface area contributed by atoms with Crippen molar-refractivity contribution in [2.45, 2.75) is 17.3 Å². The summed E-state index contributed by atoms with van der Waals surface area (Å²) in [6.45, 7) is 1.98. The van der Waals surface area contributed by atoms with Crippen LogP contribution in [0.15, 0.2) is 62.8 Å². The van der Waals surface area contributed by atoms with Gasteiger partial charge in [-0.1, -0.05) is 17.8 Å². The largest absolute Gasteiger partial charge is 0.463 e. The number of amides is 2. The maximum Gasteiger partial charge on any atom is 0.338 e. The van der Waals surface area contributed by atoms with E-state index in [1.165, 1.54) is 46.6 Å². The normalized spacial score (nSPS) is 16.1. The minimum absolute atomic E-state index is 0.237. The van der Waals surface area contributed by atoms with Gasteiger partial charge in [0.25, 0.3) is 0 Å². The molecule has 1 unspecified atom stereocenters. The van der Waals surface area contributed by atoms with Crippen LogP contribution < -0.4 is 10.6 Å². The fraction of sp³-hybridized carbons (Fsp3) is 0.190. The van der Waals surface area contributed by atoms with Crippen LogP contribution in [0.5, 0.6) is 0 Å². The number of thiazole rings is 1. The predicted octanol–water partition coefficient (Wildman–Crippen LogP) is 4.97. The summed E-state index contributed by atoms with van der Waals surface area (Å²) in [4.78, 5) is 30.4. The zero-order valence-corrected chi connectivity index (χ0v) is 18.8. The average molecular weight is 476 g/mol.